The summed E-state index contributed by atoms with van der Waals surface area (Å²) in [5, 5.41) is 0. The Kier molecular flexibility index (Phi) is 4.68. The summed E-state index contributed by atoms with van der Waals surface area (Å²) in [5.41, 5.74) is 1.33. The largest absolute Gasteiger partial charge is 0.378 e. The fourth-order valence-electron chi connectivity index (χ4n) is 3.57. The van der Waals surface area contributed by atoms with E-state index >= 15 is 0 Å². The topological polar surface area (TPSA) is 38.8 Å². The molecule has 21 heavy (non-hydrogen) atoms. The number of hydrogen-bond donors (Lipinski definition) is 0. The van der Waals surface area contributed by atoms with E-state index in [4.69, 9.17) is 9.47 Å². The number of morpholine rings is 1. The minimum Gasteiger partial charge on any atom is -0.378 e. The molecule has 2 aliphatic rings. The van der Waals surface area contributed by atoms with Gasteiger partial charge in [0.15, 0.2) is 5.78 Å². The summed E-state index contributed by atoms with van der Waals surface area (Å²) in [7, 11) is 1.59. The van der Waals surface area contributed by atoms with E-state index in [2.05, 4.69) is 29.2 Å². The van der Waals surface area contributed by atoms with Crippen molar-refractivity contribution >= 4 is 5.78 Å². The lowest BCUT2D eigenvalue weighted by molar-refractivity contribution is -0.136. The lowest BCUT2D eigenvalue weighted by atomic mass is 9.82. The van der Waals surface area contributed by atoms with Gasteiger partial charge in [-0.05, 0) is 18.4 Å². The number of rotatable bonds is 5. The van der Waals surface area contributed by atoms with Gasteiger partial charge < -0.3 is 9.47 Å². The average molecular weight is 289 g/mol. The molecule has 1 aromatic rings. The first-order valence-electron chi connectivity index (χ1n) is 7.67. The van der Waals surface area contributed by atoms with Gasteiger partial charge >= 0.3 is 0 Å². The van der Waals surface area contributed by atoms with E-state index in [9.17, 15) is 4.79 Å². The van der Waals surface area contributed by atoms with Crippen LogP contribution >= 0.6 is 0 Å². The number of carbonyl (C=O) groups excluding carboxylic acids is 1. The number of ketones is 1. The van der Waals surface area contributed by atoms with Crippen LogP contribution in [0.25, 0.3) is 0 Å². The Morgan fingerprint density at radius 1 is 1.24 bits per heavy atom. The molecular weight excluding hydrogens is 266 g/mol. The van der Waals surface area contributed by atoms with Gasteiger partial charge in [0, 0.05) is 31.7 Å². The smallest absolute Gasteiger partial charge is 0.161 e. The van der Waals surface area contributed by atoms with E-state index < -0.39 is 0 Å². The van der Waals surface area contributed by atoms with Gasteiger partial charge in [-0.1, -0.05) is 30.3 Å². The van der Waals surface area contributed by atoms with Crippen molar-refractivity contribution in [1.29, 1.82) is 0 Å². The maximum atomic E-state index is 12.1. The molecule has 0 spiro atoms. The summed E-state index contributed by atoms with van der Waals surface area (Å²) < 4.78 is 10.7. The van der Waals surface area contributed by atoms with Crippen LogP contribution in [0.5, 0.6) is 0 Å². The maximum absolute atomic E-state index is 12.1. The van der Waals surface area contributed by atoms with Crippen molar-refractivity contribution < 1.29 is 14.3 Å². The third-order valence-corrected chi connectivity index (χ3v) is 4.62. The van der Waals surface area contributed by atoms with Crippen LogP contribution in [0.2, 0.25) is 0 Å². The number of benzene rings is 1. The summed E-state index contributed by atoms with van der Waals surface area (Å²) in [4.78, 5) is 14.6. The van der Waals surface area contributed by atoms with Crippen molar-refractivity contribution in [3.63, 3.8) is 0 Å². The monoisotopic (exact) mass is 289 g/mol. The second kappa shape index (κ2) is 6.69. The van der Waals surface area contributed by atoms with Gasteiger partial charge in [-0.15, -0.1) is 0 Å². The zero-order chi connectivity index (χ0) is 14.7. The minimum absolute atomic E-state index is 0.135. The number of carbonyl (C=O) groups is 1. The summed E-state index contributed by atoms with van der Waals surface area (Å²) >= 11 is 0. The van der Waals surface area contributed by atoms with Crippen molar-refractivity contribution in [3.8, 4) is 0 Å². The number of Topliss-reactive ketones (excluding diaryl/α,β-unsaturated/α-hetero) is 1. The molecular formula is C17H23NO3. The zero-order valence-corrected chi connectivity index (χ0v) is 12.5. The first-order chi connectivity index (χ1) is 10.3. The second-order valence-corrected chi connectivity index (χ2v) is 6.07. The van der Waals surface area contributed by atoms with Crippen molar-refractivity contribution in [2.24, 2.45) is 5.92 Å². The predicted molar refractivity (Wildman–Crippen MR) is 80.0 cm³/mol. The van der Waals surface area contributed by atoms with Crippen molar-refractivity contribution in [2.45, 2.75) is 31.5 Å². The number of ether oxygens (including phenoxy) is 2. The molecule has 4 heteroatoms. The van der Waals surface area contributed by atoms with Crippen LogP contribution in [-0.4, -0.2) is 49.7 Å². The molecule has 0 aliphatic carbocycles. The summed E-state index contributed by atoms with van der Waals surface area (Å²) in [5.74, 6) is 0.379. The van der Waals surface area contributed by atoms with Gasteiger partial charge in [0.25, 0.3) is 0 Å². The Bertz CT molecular complexity index is 462. The van der Waals surface area contributed by atoms with Gasteiger partial charge in [-0.3, -0.25) is 9.69 Å². The highest BCUT2D eigenvalue weighted by Crippen LogP contribution is 2.33. The SMILES string of the molecule is COCC(=O)C1CC2COCC(C1)N2Cc1ccccc1. The summed E-state index contributed by atoms with van der Waals surface area (Å²) in [6.07, 6.45) is 1.79. The van der Waals surface area contributed by atoms with E-state index in [-0.39, 0.29) is 18.3 Å². The van der Waals surface area contributed by atoms with Crippen LogP contribution in [0.4, 0.5) is 0 Å². The molecule has 2 aliphatic heterocycles. The molecule has 2 fully saturated rings. The van der Waals surface area contributed by atoms with Gasteiger partial charge in [0.2, 0.25) is 0 Å². The molecule has 114 valence electrons. The molecule has 2 atom stereocenters. The van der Waals surface area contributed by atoms with Gasteiger partial charge in [-0.25, -0.2) is 0 Å². The minimum atomic E-state index is 0.135. The van der Waals surface area contributed by atoms with E-state index in [1.165, 1.54) is 5.56 Å². The number of nitrogens with zero attached hydrogens (tertiary/aromatic N) is 1. The highest BCUT2D eigenvalue weighted by molar-refractivity contribution is 5.82. The Balaban J connectivity index is 1.69. The first kappa shape index (κ1) is 14.7. The molecule has 2 unspecified atom stereocenters. The molecule has 2 bridgehead atoms. The maximum Gasteiger partial charge on any atom is 0.161 e. The van der Waals surface area contributed by atoms with Gasteiger partial charge in [0.1, 0.15) is 6.61 Å². The van der Waals surface area contributed by atoms with E-state index in [0.29, 0.717) is 12.1 Å². The van der Waals surface area contributed by atoms with Crippen LogP contribution in [0.1, 0.15) is 18.4 Å². The Hall–Kier alpha value is -1.23. The molecule has 0 amide bonds. The highest BCUT2D eigenvalue weighted by atomic mass is 16.5. The fourth-order valence-corrected chi connectivity index (χ4v) is 3.57. The Morgan fingerprint density at radius 2 is 1.90 bits per heavy atom. The van der Waals surface area contributed by atoms with E-state index in [1.54, 1.807) is 7.11 Å². The molecule has 0 aromatic heterocycles. The van der Waals surface area contributed by atoms with Crippen LogP contribution in [0.15, 0.2) is 30.3 Å². The summed E-state index contributed by atoms with van der Waals surface area (Å²) in [6.45, 7) is 2.66. The van der Waals surface area contributed by atoms with E-state index in [0.717, 1.165) is 32.6 Å². The van der Waals surface area contributed by atoms with Gasteiger partial charge in [-0.2, -0.15) is 0 Å². The molecule has 0 saturated carbocycles. The normalized spacial score (nSPS) is 29.3. The van der Waals surface area contributed by atoms with Crippen LogP contribution < -0.4 is 0 Å². The molecule has 3 rings (SSSR count). The Morgan fingerprint density at radius 3 is 2.52 bits per heavy atom. The standard InChI is InChI=1S/C17H23NO3/c1-20-12-17(19)14-7-15-10-21-11-16(8-14)18(15)9-13-5-3-2-4-6-13/h2-6,14-16H,7-12H2,1H3. The molecule has 1 aromatic carbocycles. The molecule has 0 N–H and O–H groups in total. The predicted octanol–water partition coefficient (Wildman–Crippen LogP) is 1.88. The van der Waals surface area contributed by atoms with Crippen LogP contribution in [0.3, 0.4) is 0 Å². The van der Waals surface area contributed by atoms with Crippen molar-refractivity contribution in [1.82, 2.24) is 4.90 Å². The molecule has 4 nitrogen and oxygen atoms in total. The second-order valence-electron chi connectivity index (χ2n) is 6.07. The Labute approximate surface area is 126 Å². The number of piperidine rings is 1. The van der Waals surface area contributed by atoms with Crippen LogP contribution in [0, 0.1) is 5.92 Å². The lowest BCUT2D eigenvalue weighted by Gasteiger charge is -2.48. The molecule has 0 radical (unpaired) electrons. The van der Waals surface area contributed by atoms with Gasteiger partial charge in [0.05, 0.1) is 13.2 Å². The van der Waals surface area contributed by atoms with E-state index in [1.807, 2.05) is 6.07 Å². The third kappa shape index (κ3) is 3.34. The number of fused-ring (bicyclic) bond motifs is 2. The van der Waals surface area contributed by atoms with Crippen molar-refractivity contribution in [2.75, 3.05) is 26.9 Å². The number of hydrogen-bond acceptors (Lipinski definition) is 4. The fraction of sp³-hybridized carbons (Fsp3) is 0.588. The van der Waals surface area contributed by atoms with Crippen LogP contribution in [-0.2, 0) is 20.8 Å². The first-order valence-corrected chi connectivity index (χ1v) is 7.67. The summed E-state index contributed by atoms with van der Waals surface area (Å²) in [6, 6.07) is 11.2. The third-order valence-electron chi connectivity index (χ3n) is 4.62. The quantitative estimate of drug-likeness (QED) is 0.829. The zero-order valence-electron chi connectivity index (χ0n) is 12.5. The molecule has 2 saturated heterocycles. The highest BCUT2D eigenvalue weighted by Gasteiger charge is 2.40. The average Bonchev–Trinajstić information content (AvgIpc) is 2.48. The van der Waals surface area contributed by atoms with Crippen molar-refractivity contribution in [3.05, 3.63) is 35.9 Å². The number of methoxy groups -OCH3 is 1. The molecule has 2 heterocycles. The lowest BCUT2D eigenvalue weighted by Crippen LogP contribution is -2.57.